The van der Waals surface area contributed by atoms with Crippen molar-refractivity contribution in [2.45, 2.75) is 51.2 Å². The lowest BCUT2D eigenvalue weighted by Crippen LogP contribution is -2.68. The van der Waals surface area contributed by atoms with Gasteiger partial charge in [-0.25, -0.2) is 0 Å². The Balaban J connectivity index is 1.56. The summed E-state index contributed by atoms with van der Waals surface area (Å²) >= 11 is 1.64. The van der Waals surface area contributed by atoms with Crippen LogP contribution in [-0.2, 0) is 20.9 Å². The number of fused-ring (bicyclic) bond motifs is 4. The van der Waals surface area contributed by atoms with Gasteiger partial charge in [-0.3, -0.25) is 14.5 Å². The second-order valence-corrected chi connectivity index (χ2v) is 9.89. The molecule has 9 heteroatoms. The van der Waals surface area contributed by atoms with E-state index in [1.54, 1.807) is 23.3 Å². The molecule has 0 unspecified atom stereocenters. The Kier molecular flexibility index (Phi) is 6.17. The van der Waals surface area contributed by atoms with Gasteiger partial charge >= 0.3 is 0 Å². The SMILES string of the molecule is COCCN(C)C(=O)[C@H]1[C@@H]2C[C@@H](CN(Cc3nnc(C)s3)C2)[C@@H]2CCCC(=O)N21. The summed E-state index contributed by atoms with van der Waals surface area (Å²) in [6.07, 6.45) is 3.52. The molecule has 160 valence electrons. The number of hydrogen-bond acceptors (Lipinski definition) is 7. The minimum absolute atomic E-state index is 0.0550. The van der Waals surface area contributed by atoms with Gasteiger partial charge in [0.15, 0.2) is 0 Å². The molecule has 4 atom stereocenters. The molecule has 0 aliphatic carbocycles. The number of hydrogen-bond donors (Lipinski definition) is 0. The van der Waals surface area contributed by atoms with E-state index in [2.05, 4.69) is 15.1 Å². The van der Waals surface area contributed by atoms with E-state index < -0.39 is 0 Å². The van der Waals surface area contributed by atoms with Gasteiger partial charge in [0.25, 0.3) is 0 Å². The van der Waals surface area contributed by atoms with Gasteiger partial charge in [0.1, 0.15) is 16.1 Å². The van der Waals surface area contributed by atoms with Crippen LogP contribution in [0.5, 0.6) is 0 Å². The topological polar surface area (TPSA) is 78.9 Å². The first-order valence-electron chi connectivity index (χ1n) is 10.5. The lowest BCUT2D eigenvalue weighted by atomic mass is 9.71. The summed E-state index contributed by atoms with van der Waals surface area (Å²) in [6, 6.07) is -0.180. The highest BCUT2D eigenvalue weighted by atomic mass is 32.1. The maximum atomic E-state index is 13.4. The summed E-state index contributed by atoms with van der Waals surface area (Å²) in [5, 5.41) is 10.4. The smallest absolute Gasteiger partial charge is 0.245 e. The second kappa shape index (κ2) is 8.65. The fourth-order valence-corrected chi connectivity index (χ4v) is 6.11. The molecule has 2 amide bonds. The van der Waals surface area contributed by atoms with Crippen LogP contribution >= 0.6 is 11.3 Å². The summed E-state index contributed by atoms with van der Waals surface area (Å²) in [5.74, 6) is 0.806. The van der Waals surface area contributed by atoms with Crippen LogP contribution in [0, 0.1) is 18.8 Å². The van der Waals surface area contributed by atoms with Gasteiger partial charge in [0, 0.05) is 52.2 Å². The zero-order valence-corrected chi connectivity index (χ0v) is 18.4. The largest absolute Gasteiger partial charge is 0.383 e. The van der Waals surface area contributed by atoms with Crippen molar-refractivity contribution >= 4 is 23.2 Å². The zero-order chi connectivity index (χ0) is 20.5. The molecule has 8 nitrogen and oxygen atoms in total. The Morgan fingerprint density at radius 1 is 1.31 bits per heavy atom. The average Bonchev–Trinajstić information content (AvgIpc) is 3.11. The normalized spacial score (nSPS) is 29.6. The van der Waals surface area contributed by atoms with Crippen molar-refractivity contribution in [2.75, 3.05) is 40.4 Å². The summed E-state index contributed by atoms with van der Waals surface area (Å²) < 4.78 is 5.15. The number of nitrogens with zero attached hydrogens (tertiary/aromatic N) is 5. The summed E-state index contributed by atoms with van der Waals surface area (Å²) in [6.45, 7) is 5.58. The highest BCUT2D eigenvalue weighted by Crippen LogP contribution is 2.42. The monoisotopic (exact) mass is 421 g/mol. The molecule has 0 N–H and O–H groups in total. The molecule has 2 bridgehead atoms. The van der Waals surface area contributed by atoms with Crippen molar-refractivity contribution in [3.05, 3.63) is 10.0 Å². The van der Waals surface area contributed by atoms with Crippen molar-refractivity contribution in [2.24, 2.45) is 11.8 Å². The van der Waals surface area contributed by atoms with E-state index in [1.165, 1.54) is 0 Å². The maximum Gasteiger partial charge on any atom is 0.245 e. The van der Waals surface area contributed by atoms with Crippen LogP contribution in [0.15, 0.2) is 0 Å². The number of ether oxygens (including phenoxy) is 1. The molecule has 3 saturated heterocycles. The van der Waals surface area contributed by atoms with Gasteiger partial charge in [-0.1, -0.05) is 0 Å². The number of carbonyl (C=O) groups is 2. The molecule has 0 spiro atoms. The molecule has 0 aromatic carbocycles. The predicted octanol–water partition coefficient (Wildman–Crippen LogP) is 1.15. The quantitative estimate of drug-likeness (QED) is 0.686. The van der Waals surface area contributed by atoms with Crippen LogP contribution in [0.2, 0.25) is 0 Å². The minimum Gasteiger partial charge on any atom is -0.383 e. The van der Waals surface area contributed by atoms with E-state index in [-0.39, 0.29) is 29.8 Å². The molecule has 29 heavy (non-hydrogen) atoms. The lowest BCUT2D eigenvalue weighted by Gasteiger charge is -2.56. The van der Waals surface area contributed by atoms with Gasteiger partial charge in [0.2, 0.25) is 11.8 Å². The lowest BCUT2D eigenvalue weighted by molar-refractivity contribution is -0.165. The van der Waals surface area contributed by atoms with Crippen molar-refractivity contribution in [1.82, 2.24) is 24.9 Å². The minimum atomic E-state index is -0.357. The van der Waals surface area contributed by atoms with E-state index in [9.17, 15) is 9.59 Å². The number of carbonyl (C=O) groups excluding carboxylic acids is 2. The molecular formula is C20H31N5O3S. The summed E-state index contributed by atoms with van der Waals surface area (Å²) in [7, 11) is 3.46. The number of amides is 2. The van der Waals surface area contributed by atoms with Crippen LogP contribution < -0.4 is 0 Å². The third-order valence-electron chi connectivity index (χ3n) is 6.60. The predicted molar refractivity (Wildman–Crippen MR) is 109 cm³/mol. The van der Waals surface area contributed by atoms with E-state index in [1.807, 2.05) is 18.9 Å². The third-order valence-corrected chi connectivity index (χ3v) is 7.43. The van der Waals surface area contributed by atoms with E-state index >= 15 is 0 Å². The number of likely N-dealkylation sites (tertiary alicyclic amines) is 1. The Labute approximate surface area is 176 Å². The number of aryl methyl sites for hydroxylation is 1. The molecule has 0 radical (unpaired) electrons. The van der Waals surface area contributed by atoms with Gasteiger partial charge in [-0.15, -0.1) is 21.5 Å². The number of likely N-dealkylation sites (N-methyl/N-ethyl adjacent to an activating group) is 1. The summed E-state index contributed by atoms with van der Waals surface area (Å²) in [4.78, 5) is 32.4. The standard InChI is InChI=1S/C20H31N5O3S/c1-13-21-22-17(29-13)12-24-10-14-9-15(11-24)19(20(27)23(2)7-8-28-3)25-16(14)5-4-6-18(25)26/h14-16,19H,4-12H2,1-3H3/t14-,15+,16-,19+/m0/s1. The number of methoxy groups -OCH3 is 1. The van der Waals surface area contributed by atoms with Crippen molar-refractivity contribution in [1.29, 1.82) is 0 Å². The number of rotatable bonds is 6. The Hall–Kier alpha value is -1.58. The van der Waals surface area contributed by atoms with Gasteiger partial charge in [0.05, 0.1) is 13.2 Å². The molecule has 3 aliphatic rings. The molecule has 4 heterocycles. The molecule has 1 aromatic rings. The van der Waals surface area contributed by atoms with Gasteiger partial charge in [-0.2, -0.15) is 0 Å². The van der Waals surface area contributed by atoms with E-state index in [0.29, 0.717) is 25.5 Å². The first-order valence-corrected chi connectivity index (χ1v) is 11.4. The van der Waals surface area contributed by atoms with Crippen LogP contribution in [0.25, 0.3) is 0 Å². The fraction of sp³-hybridized carbons (Fsp3) is 0.800. The van der Waals surface area contributed by atoms with Crippen molar-refractivity contribution in [3.63, 3.8) is 0 Å². The molecular weight excluding hydrogens is 390 g/mol. The maximum absolute atomic E-state index is 13.4. The van der Waals surface area contributed by atoms with Gasteiger partial charge in [-0.05, 0) is 32.1 Å². The van der Waals surface area contributed by atoms with Gasteiger partial charge < -0.3 is 14.5 Å². The Morgan fingerprint density at radius 2 is 2.10 bits per heavy atom. The molecule has 0 saturated carbocycles. The van der Waals surface area contributed by atoms with Crippen LogP contribution in [0.3, 0.4) is 0 Å². The number of piperidine rings is 3. The van der Waals surface area contributed by atoms with Crippen molar-refractivity contribution < 1.29 is 14.3 Å². The Bertz CT molecular complexity index is 756. The van der Waals surface area contributed by atoms with Crippen molar-refractivity contribution in [3.8, 4) is 0 Å². The molecule has 1 aromatic heterocycles. The summed E-state index contributed by atoms with van der Waals surface area (Å²) in [5.41, 5.74) is 0. The fourth-order valence-electron chi connectivity index (χ4n) is 5.36. The average molecular weight is 422 g/mol. The van der Waals surface area contributed by atoms with E-state index in [0.717, 1.165) is 48.9 Å². The molecule has 3 aliphatic heterocycles. The molecule has 4 rings (SSSR count). The first kappa shape index (κ1) is 20.7. The highest BCUT2D eigenvalue weighted by molar-refractivity contribution is 7.11. The highest BCUT2D eigenvalue weighted by Gasteiger charge is 2.52. The van der Waals surface area contributed by atoms with E-state index in [4.69, 9.17) is 4.74 Å². The van der Waals surface area contributed by atoms with Crippen LogP contribution in [0.4, 0.5) is 0 Å². The number of aromatic nitrogens is 2. The zero-order valence-electron chi connectivity index (χ0n) is 17.5. The van der Waals surface area contributed by atoms with Crippen LogP contribution in [0.1, 0.15) is 35.7 Å². The third kappa shape index (κ3) is 4.18. The Morgan fingerprint density at radius 3 is 2.83 bits per heavy atom. The molecule has 3 fully saturated rings. The van der Waals surface area contributed by atoms with Crippen LogP contribution in [-0.4, -0.2) is 89.2 Å². The first-order chi connectivity index (χ1) is 14.0. The second-order valence-electron chi connectivity index (χ2n) is 8.62.